The minimum atomic E-state index is 0.309. The van der Waals surface area contributed by atoms with Crippen molar-refractivity contribution >= 4 is 0 Å². The molecule has 0 atom stereocenters. The Morgan fingerprint density at radius 2 is 2.20 bits per heavy atom. The van der Waals surface area contributed by atoms with Gasteiger partial charge in [0, 0.05) is 6.54 Å². The first-order valence-corrected chi connectivity index (χ1v) is 5.39. The smallest absolute Gasteiger partial charge is 0.240 e. The van der Waals surface area contributed by atoms with Gasteiger partial charge in [0.25, 0.3) is 0 Å². The molecule has 5 nitrogen and oxygen atoms in total. The molecule has 2 N–H and O–H groups in total. The average Bonchev–Trinajstić information content (AvgIpc) is 2.64. The summed E-state index contributed by atoms with van der Waals surface area (Å²) in [5.74, 6) is 1.87. The van der Waals surface area contributed by atoms with Crippen LogP contribution in [0.3, 0.4) is 0 Å². The van der Waals surface area contributed by atoms with Gasteiger partial charge in [-0.15, -0.1) is 0 Å². The van der Waals surface area contributed by atoms with Crippen molar-refractivity contribution in [3.05, 3.63) is 11.7 Å². The minimum absolute atomic E-state index is 0.309. The van der Waals surface area contributed by atoms with Crippen LogP contribution in [0.4, 0.5) is 0 Å². The fourth-order valence-electron chi connectivity index (χ4n) is 1.46. The van der Waals surface area contributed by atoms with E-state index in [1.54, 1.807) is 0 Å². The van der Waals surface area contributed by atoms with E-state index in [9.17, 15) is 0 Å². The highest BCUT2D eigenvalue weighted by molar-refractivity contribution is 4.85. The van der Waals surface area contributed by atoms with Crippen LogP contribution < -0.4 is 5.73 Å². The van der Waals surface area contributed by atoms with E-state index >= 15 is 0 Å². The summed E-state index contributed by atoms with van der Waals surface area (Å²) in [5.41, 5.74) is 5.40. The minimum Gasteiger partial charge on any atom is -0.338 e. The molecule has 0 amide bonds. The summed E-state index contributed by atoms with van der Waals surface area (Å²) in [6, 6.07) is 0. The molecule has 1 heterocycles. The topological polar surface area (TPSA) is 68.2 Å². The fourth-order valence-corrected chi connectivity index (χ4v) is 1.46. The zero-order valence-electron chi connectivity index (χ0n) is 9.73. The maximum absolute atomic E-state index is 5.40. The Labute approximate surface area is 90.6 Å². The molecule has 1 aromatic rings. The Bertz CT molecular complexity index is 285. The maximum atomic E-state index is 5.40. The van der Waals surface area contributed by atoms with Gasteiger partial charge in [0.05, 0.1) is 13.1 Å². The van der Waals surface area contributed by atoms with Gasteiger partial charge in [-0.25, -0.2) is 0 Å². The van der Waals surface area contributed by atoms with Gasteiger partial charge in [-0.1, -0.05) is 25.9 Å². The fraction of sp³-hybridized carbons (Fsp3) is 0.800. The molecular formula is C10H20N4O. The Kier molecular flexibility index (Phi) is 4.71. The van der Waals surface area contributed by atoms with Crippen molar-refractivity contribution in [1.29, 1.82) is 0 Å². The highest BCUT2D eigenvalue weighted by Gasteiger charge is 2.10. The van der Waals surface area contributed by atoms with E-state index in [4.69, 9.17) is 10.3 Å². The molecule has 0 saturated carbocycles. The van der Waals surface area contributed by atoms with Crippen LogP contribution in [0.2, 0.25) is 0 Å². The summed E-state index contributed by atoms with van der Waals surface area (Å²) in [4.78, 5) is 6.47. The number of rotatable bonds is 6. The van der Waals surface area contributed by atoms with Crippen molar-refractivity contribution in [2.24, 2.45) is 11.7 Å². The van der Waals surface area contributed by atoms with E-state index in [-0.39, 0.29) is 0 Å². The standard InChI is InChI=1S/C10H20N4O/c1-4-14(6-8(2)3)7-9-12-10(5-11)15-13-9/h8H,4-7,11H2,1-3H3. The van der Waals surface area contributed by atoms with Gasteiger partial charge in [-0.05, 0) is 12.5 Å². The molecule has 1 aromatic heterocycles. The Hall–Kier alpha value is -0.940. The van der Waals surface area contributed by atoms with Gasteiger partial charge in [0.2, 0.25) is 5.89 Å². The lowest BCUT2D eigenvalue weighted by atomic mass is 10.2. The molecular weight excluding hydrogens is 192 g/mol. The second kappa shape index (κ2) is 5.82. The highest BCUT2D eigenvalue weighted by Crippen LogP contribution is 2.04. The van der Waals surface area contributed by atoms with Crippen molar-refractivity contribution in [3.63, 3.8) is 0 Å². The Balaban J connectivity index is 2.50. The molecule has 0 aliphatic carbocycles. The number of hydrogen-bond donors (Lipinski definition) is 1. The van der Waals surface area contributed by atoms with E-state index in [2.05, 4.69) is 35.8 Å². The third-order valence-electron chi connectivity index (χ3n) is 2.12. The number of aromatic nitrogens is 2. The third-order valence-corrected chi connectivity index (χ3v) is 2.12. The van der Waals surface area contributed by atoms with E-state index < -0.39 is 0 Å². The van der Waals surface area contributed by atoms with E-state index in [1.165, 1.54) is 0 Å². The first kappa shape index (κ1) is 12.1. The average molecular weight is 212 g/mol. The Morgan fingerprint density at radius 1 is 1.47 bits per heavy atom. The normalized spacial score (nSPS) is 11.6. The molecule has 0 spiro atoms. The van der Waals surface area contributed by atoms with Crippen LogP contribution in [0.15, 0.2) is 4.52 Å². The summed E-state index contributed by atoms with van der Waals surface area (Å²) < 4.78 is 4.95. The molecule has 86 valence electrons. The lowest BCUT2D eigenvalue weighted by molar-refractivity contribution is 0.238. The second-order valence-electron chi connectivity index (χ2n) is 4.03. The summed E-state index contributed by atoms with van der Waals surface area (Å²) in [5, 5.41) is 3.87. The molecule has 1 rings (SSSR count). The van der Waals surface area contributed by atoms with Gasteiger partial charge in [-0.2, -0.15) is 4.98 Å². The van der Waals surface area contributed by atoms with Crippen molar-refractivity contribution in [3.8, 4) is 0 Å². The van der Waals surface area contributed by atoms with Crippen LogP contribution in [0.5, 0.6) is 0 Å². The molecule has 0 bridgehead atoms. The van der Waals surface area contributed by atoms with Crippen LogP contribution in [-0.2, 0) is 13.1 Å². The van der Waals surface area contributed by atoms with Crippen LogP contribution in [0.1, 0.15) is 32.5 Å². The summed E-state index contributed by atoms with van der Waals surface area (Å²) in [6.45, 7) is 9.61. The lowest BCUT2D eigenvalue weighted by Crippen LogP contribution is -2.27. The lowest BCUT2D eigenvalue weighted by Gasteiger charge is -2.20. The monoisotopic (exact) mass is 212 g/mol. The molecule has 0 saturated heterocycles. The molecule has 15 heavy (non-hydrogen) atoms. The first-order chi connectivity index (χ1) is 7.15. The molecule has 0 aliphatic rings. The SMILES string of the molecule is CCN(Cc1noc(CN)n1)CC(C)C. The van der Waals surface area contributed by atoms with E-state index in [1.807, 2.05) is 0 Å². The van der Waals surface area contributed by atoms with Crippen molar-refractivity contribution < 1.29 is 4.52 Å². The van der Waals surface area contributed by atoms with Crippen LogP contribution in [0, 0.1) is 5.92 Å². The van der Waals surface area contributed by atoms with Gasteiger partial charge < -0.3 is 10.3 Å². The molecule has 0 aromatic carbocycles. The molecule has 0 fully saturated rings. The van der Waals surface area contributed by atoms with Crippen molar-refractivity contribution in [1.82, 2.24) is 15.0 Å². The van der Waals surface area contributed by atoms with E-state index in [0.717, 1.165) is 25.5 Å². The van der Waals surface area contributed by atoms with E-state index in [0.29, 0.717) is 18.4 Å². The molecule has 0 radical (unpaired) electrons. The molecule has 0 unspecified atom stereocenters. The molecule has 5 heteroatoms. The molecule has 0 aliphatic heterocycles. The summed E-state index contributed by atoms with van der Waals surface area (Å²) >= 11 is 0. The Morgan fingerprint density at radius 3 is 2.67 bits per heavy atom. The van der Waals surface area contributed by atoms with Gasteiger partial charge in [-0.3, -0.25) is 4.90 Å². The zero-order valence-corrected chi connectivity index (χ0v) is 9.73. The maximum Gasteiger partial charge on any atom is 0.240 e. The third kappa shape index (κ3) is 3.97. The van der Waals surface area contributed by atoms with Crippen molar-refractivity contribution in [2.75, 3.05) is 13.1 Å². The van der Waals surface area contributed by atoms with Crippen LogP contribution in [0.25, 0.3) is 0 Å². The second-order valence-corrected chi connectivity index (χ2v) is 4.03. The summed E-state index contributed by atoms with van der Waals surface area (Å²) in [6.07, 6.45) is 0. The quantitative estimate of drug-likeness (QED) is 0.762. The largest absolute Gasteiger partial charge is 0.338 e. The highest BCUT2D eigenvalue weighted by atomic mass is 16.5. The van der Waals surface area contributed by atoms with Gasteiger partial charge in [0.15, 0.2) is 5.82 Å². The number of nitrogens with zero attached hydrogens (tertiary/aromatic N) is 3. The van der Waals surface area contributed by atoms with Crippen LogP contribution >= 0.6 is 0 Å². The van der Waals surface area contributed by atoms with Crippen molar-refractivity contribution in [2.45, 2.75) is 33.9 Å². The van der Waals surface area contributed by atoms with Gasteiger partial charge in [0.1, 0.15) is 0 Å². The predicted molar refractivity (Wildman–Crippen MR) is 58.0 cm³/mol. The van der Waals surface area contributed by atoms with Gasteiger partial charge >= 0.3 is 0 Å². The number of nitrogens with two attached hydrogens (primary N) is 1. The van der Waals surface area contributed by atoms with Crippen LogP contribution in [-0.4, -0.2) is 28.1 Å². The zero-order chi connectivity index (χ0) is 11.3. The summed E-state index contributed by atoms with van der Waals surface area (Å²) in [7, 11) is 0. The predicted octanol–water partition coefficient (Wildman–Crippen LogP) is 1.01. The first-order valence-electron chi connectivity index (χ1n) is 5.39. The number of hydrogen-bond acceptors (Lipinski definition) is 5.